The van der Waals surface area contributed by atoms with Crippen molar-refractivity contribution >= 4 is 5.78 Å². The van der Waals surface area contributed by atoms with Gasteiger partial charge in [-0.15, -0.1) is 0 Å². The second-order valence-corrected chi connectivity index (χ2v) is 9.29. The van der Waals surface area contributed by atoms with Gasteiger partial charge < -0.3 is 4.90 Å². The molecule has 0 bridgehead atoms. The molecule has 0 aromatic heterocycles. The van der Waals surface area contributed by atoms with Crippen LogP contribution in [0.25, 0.3) is 0 Å². The standard InChI is InChI=1S/C26H31FN2O/c27-24-13-7-12-22-23(24)18-26(25(22)30,21-10-5-2-6-11-21)29-16-14-28(15-17-29)19-20-8-3-1-4-9-20/h2,5-7,10-13,20H,1,3-4,8-9,14-19H2. The first-order valence-electron chi connectivity index (χ1n) is 11.5. The lowest BCUT2D eigenvalue weighted by Crippen LogP contribution is -2.58. The predicted octanol–water partition coefficient (Wildman–Crippen LogP) is 4.66. The summed E-state index contributed by atoms with van der Waals surface area (Å²) in [6.45, 7) is 4.86. The van der Waals surface area contributed by atoms with E-state index in [0.29, 0.717) is 17.5 Å². The van der Waals surface area contributed by atoms with Crippen molar-refractivity contribution in [3.63, 3.8) is 0 Å². The van der Waals surface area contributed by atoms with Crippen LogP contribution in [0.5, 0.6) is 0 Å². The van der Waals surface area contributed by atoms with Crippen molar-refractivity contribution in [3.05, 3.63) is 71.0 Å². The third-order valence-electron chi connectivity index (χ3n) is 7.58. The number of hydrogen-bond donors (Lipinski definition) is 0. The molecule has 1 unspecified atom stereocenters. The fourth-order valence-electron chi connectivity index (χ4n) is 5.94. The van der Waals surface area contributed by atoms with Crippen LogP contribution in [-0.2, 0) is 12.0 Å². The highest BCUT2D eigenvalue weighted by molar-refractivity contribution is 6.08. The summed E-state index contributed by atoms with van der Waals surface area (Å²) in [4.78, 5) is 18.7. The number of nitrogens with zero attached hydrogens (tertiary/aromatic N) is 2. The van der Waals surface area contributed by atoms with Gasteiger partial charge in [0.2, 0.25) is 0 Å². The molecule has 1 heterocycles. The Morgan fingerprint density at radius 1 is 0.900 bits per heavy atom. The molecular formula is C26H31FN2O. The van der Waals surface area contributed by atoms with Gasteiger partial charge in [-0.2, -0.15) is 0 Å². The molecule has 2 aromatic carbocycles. The van der Waals surface area contributed by atoms with Crippen LogP contribution < -0.4 is 0 Å². The maximum Gasteiger partial charge on any atom is 0.188 e. The van der Waals surface area contributed by atoms with Crippen molar-refractivity contribution in [2.24, 2.45) is 5.92 Å². The van der Waals surface area contributed by atoms with Crippen LogP contribution in [0.2, 0.25) is 0 Å². The lowest BCUT2D eigenvalue weighted by Gasteiger charge is -2.46. The zero-order valence-corrected chi connectivity index (χ0v) is 17.7. The van der Waals surface area contributed by atoms with E-state index in [1.807, 2.05) is 30.3 Å². The number of rotatable bonds is 4. The van der Waals surface area contributed by atoms with E-state index in [9.17, 15) is 9.18 Å². The van der Waals surface area contributed by atoms with Crippen molar-refractivity contribution in [2.45, 2.75) is 44.1 Å². The van der Waals surface area contributed by atoms with Crippen LogP contribution in [0.3, 0.4) is 0 Å². The first kappa shape index (κ1) is 19.9. The maximum atomic E-state index is 14.6. The highest BCUT2D eigenvalue weighted by Crippen LogP contribution is 2.43. The van der Waals surface area contributed by atoms with Crippen LogP contribution in [-0.4, -0.2) is 48.3 Å². The molecule has 4 heteroatoms. The van der Waals surface area contributed by atoms with Crippen molar-refractivity contribution < 1.29 is 9.18 Å². The molecule has 5 rings (SSSR count). The minimum Gasteiger partial charge on any atom is -0.301 e. The van der Waals surface area contributed by atoms with Crippen LogP contribution in [0.1, 0.15) is 53.6 Å². The number of fused-ring (bicyclic) bond motifs is 1. The van der Waals surface area contributed by atoms with E-state index >= 15 is 0 Å². The minimum absolute atomic E-state index is 0.0592. The molecule has 1 saturated carbocycles. The second-order valence-electron chi connectivity index (χ2n) is 9.29. The summed E-state index contributed by atoms with van der Waals surface area (Å²) >= 11 is 0. The molecule has 2 aromatic rings. The fraction of sp³-hybridized carbons (Fsp3) is 0.500. The van der Waals surface area contributed by atoms with E-state index < -0.39 is 5.54 Å². The smallest absolute Gasteiger partial charge is 0.188 e. The van der Waals surface area contributed by atoms with E-state index in [-0.39, 0.29) is 11.6 Å². The molecule has 0 amide bonds. The molecule has 3 aliphatic rings. The normalized spacial score (nSPS) is 26.1. The Balaban J connectivity index is 1.40. The predicted molar refractivity (Wildman–Crippen MR) is 117 cm³/mol. The highest BCUT2D eigenvalue weighted by Gasteiger charge is 2.52. The van der Waals surface area contributed by atoms with E-state index in [1.165, 1.54) is 44.7 Å². The Morgan fingerprint density at radius 3 is 2.33 bits per heavy atom. The number of carbonyl (C=O) groups excluding carboxylic acids is 1. The van der Waals surface area contributed by atoms with Gasteiger partial charge >= 0.3 is 0 Å². The molecule has 0 spiro atoms. The molecule has 2 aliphatic carbocycles. The van der Waals surface area contributed by atoms with Crippen molar-refractivity contribution in [1.29, 1.82) is 0 Å². The van der Waals surface area contributed by atoms with E-state index in [1.54, 1.807) is 12.1 Å². The Bertz CT molecular complexity index is 901. The number of hydrogen-bond acceptors (Lipinski definition) is 3. The van der Waals surface area contributed by atoms with Gasteiger partial charge in [0.05, 0.1) is 0 Å². The number of piperazine rings is 1. The third-order valence-corrected chi connectivity index (χ3v) is 7.58. The SMILES string of the molecule is O=C1c2cccc(F)c2CC1(c1ccccc1)N1CCN(CC2CCCCC2)CC1. The van der Waals surface area contributed by atoms with Gasteiger partial charge in [-0.1, -0.05) is 61.7 Å². The van der Waals surface area contributed by atoms with Gasteiger partial charge in [0.15, 0.2) is 5.78 Å². The molecule has 30 heavy (non-hydrogen) atoms. The molecule has 1 saturated heterocycles. The Labute approximate surface area is 178 Å². The number of halogens is 1. The van der Waals surface area contributed by atoms with Gasteiger partial charge in [0.1, 0.15) is 11.4 Å². The Morgan fingerprint density at radius 2 is 1.63 bits per heavy atom. The summed E-state index contributed by atoms with van der Waals surface area (Å²) in [5, 5.41) is 0. The molecule has 2 fully saturated rings. The van der Waals surface area contributed by atoms with Crippen LogP contribution >= 0.6 is 0 Å². The summed E-state index contributed by atoms with van der Waals surface area (Å²) in [7, 11) is 0. The van der Waals surface area contributed by atoms with Gasteiger partial charge in [-0.25, -0.2) is 4.39 Å². The Hall–Kier alpha value is -2.04. The van der Waals surface area contributed by atoms with Gasteiger partial charge in [0, 0.05) is 50.3 Å². The molecular weight excluding hydrogens is 375 g/mol. The first-order chi connectivity index (χ1) is 14.7. The lowest BCUT2D eigenvalue weighted by molar-refractivity contribution is 0.0257. The van der Waals surface area contributed by atoms with Crippen LogP contribution in [0.4, 0.5) is 4.39 Å². The largest absolute Gasteiger partial charge is 0.301 e. The summed E-state index contributed by atoms with van der Waals surface area (Å²) < 4.78 is 14.6. The maximum absolute atomic E-state index is 14.6. The van der Waals surface area contributed by atoms with Gasteiger partial charge in [-0.3, -0.25) is 9.69 Å². The quantitative estimate of drug-likeness (QED) is 0.738. The summed E-state index contributed by atoms with van der Waals surface area (Å²) in [6, 6.07) is 15.0. The monoisotopic (exact) mass is 406 g/mol. The first-order valence-corrected chi connectivity index (χ1v) is 11.5. The minimum atomic E-state index is -0.775. The zero-order chi connectivity index (χ0) is 20.6. The number of benzene rings is 2. The van der Waals surface area contributed by atoms with Crippen molar-refractivity contribution in [1.82, 2.24) is 9.80 Å². The molecule has 0 radical (unpaired) electrons. The van der Waals surface area contributed by atoms with Crippen molar-refractivity contribution in [2.75, 3.05) is 32.7 Å². The van der Waals surface area contributed by atoms with E-state index in [2.05, 4.69) is 9.80 Å². The summed E-state index contributed by atoms with van der Waals surface area (Å²) in [5.74, 6) is 0.637. The number of ketones is 1. The van der Waals surface area contributed by atoms with Crippen LogP contribution in [0, 0.1) is 11.7 Å². The van der Waals surface area contributed by atoms with Crippen molar-refractivity contribution in [3.8, 4) is 0 Å². The van der Waals surface area contributed by atoms with Gasteiger partial charge in [0.25, 0.3) is 0 Å². The third kappa shape index (κ3) is 3.40. The summed E-state index contributed by atoms with van der Waals surface area (Å²) in [5.41, 5.74) is 1.36. The molecule has 0 N–H and O–H groups in total. The number of carbonyl (C=O) groups is 1. The fourth-order valence-corrected chi connectivity index (χ4v) is 5.94. The Kier molecular flexibility index (Phi) is 5.46. The molecule has 158 valence electrons. The number of Topliss-reactive ketones (excluding diaryl/α,β-unsaturated/α-hetero) is 1. The highest BCUT2D eigenvalue weighted by atomic mass is 19.1. The molecule has 3 nitrogen and oxygen atoms in total. The van der Waals surface area contributed by atoms with Gasteiger partial charge in [-0.05, 0) is 30.4 Å². The van der Waals surface area contributed by atoms with E-state index in [4.69, 9.17) is 0 Å². The topological polar surface area (TPSA) is 23.6 Å². The average Bonchev–Trinajstić information content (AvgIpc) is 3.10. The zero-order valence-electron chi connectivity index (χ0n) is 17.7. The molecule has 1 aliphatic heterocycles. The van der Waals surface area contributed by atoms with Crippen LogP contribution in [0.15, 0.2) is 48.5 Å². The molecule has 1 atom stereocenters. The summed E-state index contributed by atoms with van der Waals surface area (Å²) in [6.07, 6.45) is 7.30. The van der Waals surface area contributed by atoms with E-state index in [0.717, 1.165) is 37.7 Å². The second kappa shape index (κ2) is 8.24. The average molecular weight is 407 g/mol. The lowest BCUT2D eigenvalue weighted by atomic mass is 9.83.